The number of aromatic nitrogens is 2. The van der Waals surface area contributed by atoms with Gasteiger partial charge in [0.15, 0.2) is 0 Å². The molecule has 4 nitrogen and oxygen atoms in total. The summed E-state index contributed by atoms with van der Waals surface area (Å²) in [6.45, 7) is 3.67. The summed E-state index contributed by atoms with van der Waals surface area (Å²) >= 11 is 0. The Kier molecular flexibility index (Phi) is 3.38. The molecule has 3 rings (SSSR count). The fourth-order valence-corrected chi connectivity index (χ4v) is 2.79. The van der Waals surface area contributed by atoms with Crippen LogP contribution in [0.25, 0.3) is 11.0 Å². The second-order valence-electron chi connectivity index (χ2n) is 5.12. The van der Waals surface area contributed by atoms with Crippen LogP contribution >= 0.6 is 0 Å². The van der Waals surface area contributed by atoms with E-state index in [1.807, 2.05) is 0 Å². The van der Waals surface area contributed by atoms with Crippen LogP contribution in [0.5, 0.6) is 0 Å². The summed E-state index contributed by atoms with van der Waals surface area (Å²) in [6, 6.07) is 4.79. The van der Waals surface area contributed by atoms with Crippen molar-refractivity contribution in [1.82, 2.24) is 14.5 Å². The summed E-state index contributed by atoms with van der Waals surface area (Å²) in [4.78, 5) is 16.9. The average Bonchev–Trinajstić information content (AvgIpc) is 2.75. The van der Waals surface area contributed by atoms with E-state index in [1.54, 1.807) is 16.7 Å². The van der Waals surface area contributed by atoms with Gasteiger partial charge in [-0.25, -0.2) is 9.18 Å². The molecule has 0 saturated carbocycles. The first-order chi connectivity index (χ1) is 9.25. The largest absolute Gasteiger partial charge is 0.326 e. The molecule has 2 aromatic rings. The maximum atomic E-state index is 13.6. The molecule has 0 unspecified atom stereocenters. The zero-order valence-electron chi connectivity index (χ0n) is 10.9. The molecule has 0 amide bonds. The highest BCUT2D eigenvalue weighted by atomic mass is 19.1. The monoisotopic (exact) mass is 263 g/mol. The molecule has 1 saturated heterocycles. The first kappa shape index (κ1) is 12.4. The maximum absolute atomic E-state index is 13.6. The quantitative estimate of drug-likeness (QED) is 0.919. The van der Waals surface area contributed by atoms with Gasteiger partial charge >= 0.3 is 5.69 Å². The number of aromatic amines is 1. The van der Waals surface area contributed by atoms with Crippen LogP contribution in [-0.2, 0) is 6.54 Å². The lowest BCUT2D eigenvalue weighted by Gasteiger charge is -2.26. The summed E-state index contributed by atoms with van der Waals surface area (Å²) in [5.41, 5.74) is 0.741. The minimum absolute atomic E-state index is 0.225. The van der Waals surface area contributed by atoms with E-state index in [4.69, 9.17) is 0 Å². The van der Waals surface area contributed by atoms with Crippen molar-refractivity contribution in [3.8, 4) is 0 Å². The zero-order chi connectivity index (χ0) is 13.2. The van der Waals surface area contributed by atoms with Crippen molar-refractivity contribution in [3.63, 3.8) is 0 Å². The van der Waals surface area contributed by atoms with E-state index in [9.17, 15) is 9.18 Å². The van der Waals surface area contributed by atoms with Gasteiger partial charge in [0, 0.05) is 13.1 Å². The van der Waals surface area contributed by atoms with Gasteiger partial charge < -0.3 is 9.88 Å². The molecule has 0 bridgehead atoms. The van der Waals surface area contributed by atoms with Crippen LogP contribution in [0.2, 0.25) is 0 Å². The summed E-state index contributed by atoms with van der Waals surface area (Å²) in [6.07, 6.45) is 3.77. The Morgan fingerprint density at radius 2 is 1.95 bits per heavy atom. The van der Waals surface area contributed by atoms with Crippen molar-refractivity contribution in [2.75, 3.05) is 19.6 Å². The highest BCUT2D eigenvalue weighted by molar-refractivity contribution is 5.75. The van der Waals surface area contributed by atoms with Gasteiger partial charge in [-0.15, -0.1) is 0 Å². The lowest BCUT2D eigenvalue weighted by molar-refractivity contribution is 0.221. The Balaban J connectivity index is 1.82. The summed E-state index contributed by atoms with van der Waals surface area (Å²) in [5, 5.41) is 0. The molecule has 1 aliphatic rings. The molecule has 5 heteroatoms. The average molecular weight is 263 g/mol. The predicted molar refractivity (Wildman–Crippen MR) is 72.8 cm³/mol. The normalized spacial score (nSPS) is 17.1. The van der Waals surface area contributed by atoms with Crippen LogP contribution in [0.4, 0.5) is 4.39 Å². The van der Waals surface area contributed by atoms with Crippen LogP contribution < -0.4 is 5.69 Å². The van der Waals surface area contributed by atoms with E-state index in [-0.39, 0.29) is 11.5 Å². The van der Waals surface area contributed by atoms with Crippen LogP contribution in [0.15, 0.2) is 23.0 Å². The number of hydrogen-bond acceptors (Lipinski definition) is 2. The number of piperidine rings is 1. The molecule has 1 aromatic carbocycles. The standard InChI is InChI=1S/C14H18FN3O/c15-11-5-4-6-12-13(11)16-14(19)18(12)10-9-17-7-2-1-3-8-17/h4-6H,1-3,7-10H2,(H,16,19). The summed E-state index contributed by atoms with van der Waals surface area (Å²) in [7, 11) is 0. The van der Waals surface area contributed by atoms with E-state index >= 15 is 0 Å². The number of likely N-dealkylation sites (tertiary alicyclic amines) is 1. The lowest BCUT2D eigenvalue weighted by atomic mass is 10.1. The van der Waals surface area contributed by atoms with E-state index in [2.05, 4.69) is 9.88 Å². The fourth-order valence-electron chi connectivity index (χ4n) is 2.79. The Labute approximate surface area is 110 Å². The molecule has 0 radical (unpaired) electrons. The SMILES string of the molecule is O=c1[nH]c2c(F)cccc2n1CCN1CCCCC1. The van der Waals surface area contributed by atoms with Gasteiger partial charge in [-0.3, -0.25) is 4.57 Å². The van der Waals surface area contributed by atoms with Gasteiger partial charge in [0.05, 0.1) is 5.52 Å². The van der Waals surface area contributed by atoms with Crippen LogP contribution in [0.1, 0.15) is 19.3 Å². The molecule has 0 spiro atoms. The molecule has 2 heterocycles. The highest BCUT2D eigenvalue weighted by Crippen LogP contribution is 2.14. The number of H-pyrrole nitrogens is 1. The van der Waals surface area contributed by atoms with Crippen molar-refractivity contribution < 1.29 is 4.39 Å². The van der Waals surface area contributed by atoms with Crippen LogP contribution in [-0.4, -0.2) is 34.1 Å². The summed E-state index contributed by atoms with van der Waals surface area (Å²) < 4.78 is 15.2. The van der Waals surface area contributed by atoms with Crippen molar-refractivity contribution in [2.45, 2.75) is 25.8 Å². The molecular weight excluding hydrogens is 245 g/mol. The molecule has 19 heavy (non-hydrogen) atoms. The van der Waals surface area contributed by atoms with Gasteiger partial charge in [-0.1, -0.05) is 12.5 Å². The Morgan fingerprint density at radius 1 is 1.16 bits per heavy atom. The van der Waals surface area contributed by atoms with Crippen molar-refractivity contribution >= 4 is 11.0 Å². The third kappa shape index (κ3) is 2.42. The summed E-state index contributed by atoms with van der Waals surface area (Å²) in [5.74, 6) is -0.369. The number of halogens is 1. The maximum Gasteiger partial charge on any atom is 0.326 e. The van der Waals surface area contributed by atoms with Gasteiger partial charge in [-0.05, 0) is 38.1 Å². The number of fused-ring (bicyclic) bond motifs is 1. The molecule has 0 atom stereocenters. The van der Waals surface area contributed by atoms with E-state index < -0.39 is 0 Å². The van der Waals surface area contributed by atoms with Gasteiger partial charge in [0.2, 0.25) is 0 Å². The lowest BCUT2D eigenvalue weighted by Crippen LogP contribution is -2.34. The topological polar surface area (TPSA) is 41.0 Å². The molecular formula is C14H18FN3O. The number of benzene rings is 1. The molecule has 1 aliphatic heterocycles. The smallest absolute Gasteiger partial charge is 0.303 e. The number of nitrogens with zero attached hydrogens (tertiary/aromatic N) is 2. The van der Waals surface area contributed by atoms with E-state index in [0.29, 0.717) is 17.6 Å². The molecule has 1 aromatic heterocycles. The van der Waals surface area contributed by atoms with E-state index in [1.165, 1.54) is 25.3 Å². The molecule has 0 aliphatic carbocycles. The third-order valence-corrected chi connectivity index (χ3v) is 3.85. The first-order valence-electron chi connectivity index (χ1n) is 6.85. The number of imidazole rings is 1. The van der Waals surface area contributed by atoms with Crippen molar-refractivity contribution in [1.29, 1.82) is 0 Å². The number of rotatable bonds is 3. The number of para-hydroxylation sites is 1. The zero-order valence-corrected chi connectivity index (χ0v) is 10.9. The predicted octanol–water partition coefficient (Wildman–Crippen LogP) is 1.95. The van der Waals surface area contributed by atoms with Crippen LogP contribution in [0.3, 0.4) is 0 Å². The van der Waals surface area contributed by atoms with Crippen molar-refractivity contribution in [2.24, 2.45) is 0 Å². The number of nitrogens with one attached hydrogen (secondary N) is 1. The number of hydrogen-bond donors (Lipinski definition) is 1. The highest BCUT2D eigenvalue weighted by Gasteiger charge is 2.13. The fraction of sp³-hybridized carbons (Fsp3) is 0.500. The molecule has 1 N–H and O–H groups in total. The van der Waals surface area contributed by atoms with Gasteiger partial charge in [0.25, 0.3) is 0 Å². The van der Waals surface area contributed by atoms with Crippen LogP contribution in [0, 0.1) is 5.82 Å². The first-order valence-corrected chi connectivity index (χ1v) is 6.85. The van der Waals surface area contributed by atoms with Gasteiger partial charge in [-0.2, -0.15) is 0 Å². The molecule has 102 valence electrons. The Hall–Kier alpha value is -1.62. The minimum atomic E-state index is -0.369. The minimum Gasteiger partial charge on any atom is -0.303 e. The van der Waals surface area contributed by atoms with Gasteiger partial charge in [0.1, 0.15) is 11.3 Å². The molecule has 1 fully saturated rings. The second-order valence-corrected chi connectivity index (χ2v) is 5.12. The Morgan fingerprint density at radius 3 is 2.74 bits per heavy atom. The van der Waals surface area contributed by atoms with Crippen molar-refractivity contribution in [3.05, 3.63) is 34.5 Å². The van der Waals surface area contributed by atoms with E-state index in [0.717, 1.165) is 19.6 Å². The Bertz CT molecular complexity index is 625. The third-order valence-electron chi connectivity index (χ3n) is 3.85. The second kappa shape index (κ2) is 5.17.